The highest BCUT2D eigenvalue weighted by Crippen LogP contribution is 2.27. The Morgan fingerprint density at radius 3 is 2.89 bits per heavy atom. The highest BCUT2D eigenvalue weighted by molar-refractivity contribution is 5.90. The van der Waals surface area contributed by atoms with Crippen LogP contribution in [0, 0.1) is 18.3 Å². The largest absolute Gasteiger partial charge is 0.395 e. The van der Waals surface area contributed by atoms with Crippen molar-refractivity contribution in [1.29, 1.82) is 5.26 Å². The zero-order valence-corrected chi connectivity index (χ0v) is 10.9. The summed E-state index contributed by atoms with van der Waals surface area (Å²) in [6.07, 6.45) is 1.98. The van der Waals surface area contributed by atoms with Crippen LogP contribution in [0.4, 0.5) is 10.5 Å². The van der Waals surface area contributed by atoms with Gasteiger partial charge in [-0.25, -0.2) is 4.79 Å². The maximum Gasteiger partial charge on any atom is 0.322 e. The summed E-state index contributed by atoms with van der Waals surface area (Å²) >= 11 is 0. The fraction of sp³-hybridized carbons (Fsp3) is 0.429. The monoisotopic (exact) mass is 259 g/mol. The number of aryl methyl sites for hydroxylation is 1. The van der Waals surface area contributed by atoms with Gasteiger partial charge < -0.3 is 15.3 Å². The number of aliphatic hydroxyl groups is 1. The average Bonchev–Trinajstić information content (AvgIpc) is 3.22. The van der Waals surface area contributed by atoms with E-state index >= 15 is 0 Å². The molecule has 1 aliphatic carbocycles. The molecule has 100 valence electrons. The molecule has 1 aromatic carbocycles. The number of rotatable bonds is 4. The normalized spacial score (nSPS) is 13.7. The van der Waals surface area contributed by atoms with Crippen LogP contribution >= 0.6 is 0 Å². The summed E-state index contributed by atoms with van der Waals surface area (Å²) in [4.78, 5) is 13.8. The van der Waals surface area contributed by atoms with Crippen molar-refractivity contribution >= 4 is 11.7 Å². The maximum atomic E-state index is 12.2. The van der Waals surface area contributed by atoms with E-state index in [9.17, 15) is 4.79 Å². The molecule has 1 fully saturated rings. The highest BCUT2D eigenvalue weighted by atomic mass is 16.3. The number of aliphatic hydroxyl groups excluding tert-OH is 1. The van der Waals surface area contributed by atoms with Crippen LogP contribution in [0.25, 0.3) is 0 Å². The van der Waals surface area contributed by atoms with Crippen LogP contribution in [0.5, 0.6) is 0 Å². The van der Waals surface area contributed by atoms with E-state index in [0.717, 1.165) is 18.4 Å². The number of hydrogen-bond donors (Lipinski definition) is 2. The van der Waals surface area contributed by atoms with Gasteiger partial charge in [-0.05, 0) is 37.5 Å². The Morgan fingerprint density at radius 2 is 2.32 bits per heavy atom. The molecule has 0 aromatic heterocycles. The van der Waals surface area contributed by atoms with Gasteiger partial charge in [-0.1, -0.05) is 6.07 Å². The summed E-state index contributed by atoms with van der Waals surface area (Å²) in [6, 6.07) is 7.27. The Hall–Kier alpha value is -2.06. The Kier molecular flexibility index (Phi) is 4.03. The number of nitrogens with one attached hydrogen (secondary N) is 1. The van der Waals surface area contributed by atoms with Gasteiger partial charge in [-0.3, -0.25) is 0 Å². The number of carbonyl (C=O) groups is 1. The summed E-state index contributed by atoms with van der Waals surface area (Å²) in [5.41, 5.74) is 2.07. The number of nitrogens with zero attached hydrogens (tertiary/aromatic N) is 2. The van der Waals surface area contributed by atoms with Gasteiger partial charge in [0.25, 0.3) is 0 Å². The minimum atomic E-state index is -0.213. The molecule has 5 heteroatoms. The Balaban J connectivity index is 2.11. The van der Waals surface area contributed by atoms with Crippen LogP contribution in [-0.4, -0.2) is 35.2 Å². The first-order valence-corrected chi connectivity index (χ1v) is 6.35. The molecule has 0 radical (unpaired) electrons. The smallest absolute Gasteiger partial charge is 0.322 e. The zero-order valence-electron chi connectivity index (χ0n) is 10.9. The molecule has 1 saturated carbocycles. The van der Waals surface area contributed by atoms with Gasteiger partial charge in [0.05, 0.1) is 18.2 Å². The second-order valence-electron chi connectivity index (χ2n) is 4.72. The standard InChI is InChI=1S/C14H17N3O2/c1-10-2-3-11(9-15)8-13(10)16-14(19)17(6-7-18)12-4-5-12/h2-3,8,12,18H,4-7H2,1H3,(H,16,19). The van der Waals surface area contributed by atoms with E-state index in [4.69, 9.17) is 10.4 Å². The van der Waals surface area contributed by atoms with Gasteiger partial charge in [0, 0.05) is 18.3 Å². The molecule has 2 N–H and O–H groups in total. The van der Waals surface area contributed by atoms with Crippen molar-refractivity contribution in [3.63, 3.8) is 0 Å². The molecule has 2 amide bonds. The Labute approximate surface area is 112 Å². The molecule has 0 spiro atoms. The van der Waals surface area contributed by atoms with Crippen molar-refractivity contribution in [3.8, 4) is 6.07 Å². The number of nitriles is 1. The molecule has 0 bridgehead atoms. The van der Waals surface area contributed by atoms with Crippen molar-refractivity contribution in [2.45, 2.75) is 25.8 Å². The fourth-order valence-corrected chi connectivity index (χ4v) is 1.96. The van der Waals surface area contributed by atoms with Crippen molar-refractivity contribution in [3.05, 3.63) is 29.3 Å². The number of amides is 2. The predicted octanol–water partition coefficient (Wildman–Crippen LogP) is 1.86. The third kappa shape index (κ3) is 3.24. The third-order valence-corrected chi connectivity index (χ3v) is 3.20. The molecular formula is C14H17N3O2. The first kappa shape index (κ1) is 13.4. The summed E-state index contributed by atoms with van der Waals surface area (Å²) in [7, 11) is 0. The van der Waals surface area contributed by atoms with E-state index in [0.29, 0.717) is 17.8 Å². The number of anilines is 1. The SMILES string of the molecule is Cc1ccc(C#N)cc1NC(=O)N(CCO)C1CC1. The summed E-state index contributed by atoms with van der Waals surface area (Å²) in [5.74, 6) is 0. The Bertz CT molecular complexity index is 518. The van der Waals surface area contributed by atoms with E-state index in [2.05, 4.69) is 11.4 Å². The van der Waals surface area contributed by atoms with Gasteiger partial charge in [0.1, 0.15) is 0 Å². The van der Waals surface area contributed by atoms with Crippen LogP contribution < -0.4 is 5.32 Å². The molecule has 5 nitrogen and oxygen atoms in total. The molecule has 0 aliphatic heterocycles. The van der Waals surface area contributed by atoms with Gasteiger partial charge >= 0.3 is 6.03 Å². The molecule has 19 heavy (non-hydrogen) atoms. The van der Waals surface area contributed by atoms with Crippen molar-refractivity contribution in [2.75, 3.05) is 18.5 Å². The number of hydrogen-bond acceptors (Lipinski definition) is 3. The lowest BCUT2D eigenvalue weighted by Gasteiger charge is -2.22. The fourth-order valence-electron chi connectivity index (χ4n) is 1.96. The van der Waals surface area contributed by atoms with Crippen molar-refractivity contribution < 1.29 is 9.90 Å². The lowest BCUT2D eigenvalue weighted by molar-refractivity contribution is 0.185. The molecule has 1 aliphatic rings. The summed E-state index contributed by atoms with van der Waals surface area (Å²) < 4.78 is 0. The van der Waals surface area contributed by atoms with Gasteiger partial charge in [0.15, 0.2) is 0 Å². The van der Waals surface area contributed by atoms with Crippen LogP contribution in [0.1, 0.15) is 24.0 Å². The van der Waals surface area contributed by atoms with Crippen LogP contribution in [0.2, 0.25) is 0 Å². The molecular weight excluding hydrogens is 242 g/mol. The number of benzene rings is 1. The van der Waals surface area contributed by atoms with Crippen LogP contribution in [0.3, 0.4) is 0 Å². The van der Waals surface area contributed by atoms with E-state index in [-0.39, 0.29) is 18.7 Å². The molecule has 2 rings (SSSR count). The van der Waals surface area contributed by atoms with Gasteiger partial charge in [-0.15, -0.1) is 0 Å². The predicted molar refractivity (Wildman–Crippen MR) is 71.7 cm³/mol. The highest BCUT2D eigenvalue weighted by Gasteiger charge is 2.32. The average molecular weight is 259 g/mol. The van der Waals surface area contributed by atoms with E-state index in [1.807, 2.05) is 13.0 Å². The quantitative estimate of drug-likeness (QED) is 0.866. The number of carbonyl (C=O) groups excluding carboxylic acids is 1. The second-order valence-corrected chi connectivity index (χ2v) is 4.72. The first-order chi connectivity index (χ1) is 9.15. The third-order valence-electron chi connectivity index (χ3n) is 3.20. The second kappa shape index (κ2) is 5.72. The van der Waals surface area contributed by atoms with Gasteiger partial charge in [-0.2, -0.15) is 5.26 Å². The van der Waals surface area contributed by atoms with E-state index in [1.165, 1.54) is 0 Å². The molecule has 0 unspecified atom stereocenters. The first-order valence-electron chi connectivity index (χ1n) is 6.35. The van der Waals surface area contributed by atoms with E-state index < -0.39 is 0 Å². The summed E-state index contributed by atoms with van der Waals surface area (Å²) in [5, 5.41) is 20.7. The van der Waals surface area contributed by atoms with Crippen molar-refractivity contribution in [1.82, 2.24) is 4.90 Å². The molecule has 1 aromatic rings. The molecule has 0 saturated heterocycles. The molecule has 0 atom stereocenters. The minimum absolute atomic E-state index is 0.0405. The minimum Gasteiger partial charge on any atom is -0.395 e. The topological polar surface area (TPSA) is 76.4 Å². The zero-order chi connectivity index (χ0) is 13.8. The van der Waals surface area contributed by atoms with Crippen molar-refractivity contribution in [2.24, 2.45) is 0 Å². The Morgan fingerprint density at radius 1 is 1.58 bits per heavy atom. The number of urea groups is 1. The summed E-state index contributed by atoms with van der Waals surface area (Å²) in [6.45, 7) is 2.18. The maximum absolute atomic E-state index is 12.2. The van der Waals surface area contributed by atoms with Crippen LogP contribution in [0.15, 0.2) is 18.2 Å². The van der Waals surface area contributed by atoms with Crippen LogP contribution in [-0.2, 0) is 0 Å². The lowest BCUT2D eigenvalue weighted by atomic mass is 10.1. The lowest BCUT2D eigenvalue weighted by Crippen LogP contribution is -2.38. The van der Waals surface area contributed by atoms with E-state index in [1.54, 1.807) is 17.0 Å². The molecule has 0 heterocycles. The van der Waals surface area contributed by atoms with Gasteiger partial charge in [0.2, 0.25) is 0 Å².